The van der Waals surface area contributed by atoms with E-state index >= 15 is 0 Å². The summed E-state index contributed by atoms with van der Waals surface area (Å²) in [7, 11) is 0. The van der Waals surface area contributed by atoms with Crippen LogP contribution in [-0.2, 0) is 10.2 Å². The molecule has 7 rings (SSSR count). The molecule has 214 valence electrons. The summed E-state index contributed by atoms with van der Waals surface area (Å²) in [6.07, 6.45) is 4.68. The van der Waals surface area contributed by atoms with Crippen molar-refractivity contribution >= 4 is 40.8 Å². The van der Waals surface area contributed by atoms with Crippen LogP contribution in [0.15, 0.2) is 103 Å². The lowest BCUT2D eigenvalue weighted by Gasteiger charge is -2.38. The number of carbonyl (C=O) groups excluding carboxylic acids is 3. The molecule has 0 unspecified atom stereocenters. The number of ketones is 2. The number of anilines is 1. The predicted octanol–water partition coefficient (Wildman–Crippen LogP) is 7.11. The number of Topliss-reactive ketones (excluding diaryl/α,β-unsaturated/α-hetero) is 2. The second-order valence-electron chi connectivity index (χ2n) is 11.2. The number of ether oxygens (including phenoxy) is 1. The summed E-state index contributed by atoms with van der Waals surface area (Å²) in [5, 5.41) is 3.58. The van der Waals surface area contributed by atoms with Gasteiger partial charge in [-0.2, -0.15) is 0 Å². The molecule has 4 aromatic carbocycles. The van der Waals surface area contributed by atoms with Gasteiger partial charge in [0.2, 0.25) is 5.91 Å². The van der Waals surface area contributed by atoms with E-state index in [1.807, 2.05) is 72.6 Å². The number of carbonyl (C=O) groups is 3. The van der Waals surface area contributed by atoms with E-state index in [-0.39, 0.29) is 17.5 Å². The second-order valence-corrected chi connectivity index (χ2v) is 11.6. The largest absolute Gasteiger partial charge is 0.494 e. The fourth-order valence-corrected chi connectivity index (χ4v) is 7.19. The molecular formula is C36H29ClN2O4. The molecule has 0 bridgehead atoms. The van der Waals surface area contributed by atoms with Gasteiger partial charge in [0.15, 0.2) is 11.6 Å². The van der Waals surface area contributed by atoms with Gasteiger partial charge < -0.3 is 15.0 Å². The summed E-state index contributed by atoms with van der Waals surface area (Å²) in [5.41, 5.74) is 2.67. The van der Waals surface area contributed by atoms with Crippen LogP contribution in [0.3, 0.4) is 0 Å². The number of nitrogens with zero attached hydrogens (tertiary/aromatic N) is 1. The van der Waals surface area contributed by atoms with Crippen molar-refractivity contribution in [2.45, 2.75) is 30.8 Å². The van der Waals surface area contributed by atoms with E-state index < -0.39 is 23.4 Å². The molecule has 1 spiro atoms. The lowest BCUT2D eigenvalue weighted by atomic mass is 9.62. The lowest BCUT2D eigenvalue weighted by molar-refractivity contribution is -0.122. The van der Waals surface area contributed by atoms with Crippen molar-refractivity contribution < 1.29 is 19.1 Å². The third kappa shape index (κ3) is 4.12. The summed E-state index contributed by atoms with van der Waals surface area (Å²) in [6, 6.07) is 27.5. The first kappa shape index (κ1) is 27.2. The van der Waals surface area contributed by atoms with Crippen LogP contribution in [-0.4, -0.2) is 35.0 Å². The molecule has 7 heteroatoms. The molecule has 1 fully saturated rings. The van der Waals surface area contributed by atoms with Crippen LogP contribution in [0, 0.1) is 5.92 Å². The summed E-state index contributed by atoms with van der Waals surface area (Å²) < 4.78 is 5.76. The van der Waals surface area contributed by atoms with Gasteiger partial charge in [0.25, 0.3) is 0 Å². The van der Waals surface area contributed by atoms with E-state index in [4.69, 9.17) is 16.3 Å². The van der Waals surface area contributed by atoms with E-state index in [0.29, 0.717) is 39.8 Å². The van der Waals surface area contributed by atoms with Crippen molar-refractivity contribution in [2.75, 3.05) is 11.9 Å². The molecular weight excluding hydrogens is 560 g/mol. The molecule has 0 aromatic heterocycles. The van der Waals surface area contributed by atoms with Crippen LogP contribution in [0.1, 0.15) is 56.8 Å². The normalized spacial score (nSPS) is 23.0. The molecule has 43 heavy (non-hydrogen) atoms. The smallest absolute Gasteiger partial charge is 0.238 e. The molecule has 6 nitrogen and oxygen atoms in total. The Morgan fingerprint density at radius 3 is 2.33 bits per heavy atom. The SMILES string of the molecule is CCCOc1ccc(C(=O)[C@H]2[C@H](C(=O)c3ccc(Cl)cc3)N3C=Cc4ccccc4[C@@H]3[C@]23C(=O)Nc2ccccc23)cc1. The Morgan fingerprint density at radius 1 is 0.884 bits per heavy atom. The molecule has 1 amide bonds. The summed E-state index contributed by atoms with van der Waals surface area (Å²) >= 11 is 6.17. The fraction of sp³-hybridized carbons (Fsp3) is 0.194. The fourth-order valence-electron chi connectivity index (χ4n) is 7.07. The molecule has 1 saturated heterocycles. The Morgan fingerprint density at radius 2 is 1.56 bits per heavy atom. The summed E-state index contributed by atoms with van der Waals surface area (Å²) in [6.45, 7) is 2.59. The van der Waals surface area contributed by atoms with Crippen LogP contribution in [0.2, 0.25) is 5.02 Å². The van der Waals surface area contributed by atoms with Crippen LogP contribution in [0.5, 0.6) is 5.75 Å². The van der Waals surface area contributed by atoms with Gasteiger partial charge in [0, 0.05) is 28.0 Å². The van der Waals surface area contributed by atoms with Crippen LogP contribution >= 0.6 is 11.6 Å². The molecule has 3 aliphatic rings. The van der Waals surface area contributed by atoms with Crippen molar-refractivity contribution in [3.63, 3.8) is 0 Å². The van der Waals surface area contributed by atoms with Crippen molar-refractivity contribution in [2.24, 2.45) is 5.92 Å². The average Bonchev–Trinajstić information content (AvgIpc) is 3.52. The average molecular weight is 589 g/mol. The number of hydrogen-bond acceptors (Lipinski definition) is 5. The predicted molar refractivity (Wildman–Crippen MR) is 166 cm³/mol. The quantitative estimate of drug-likeness (QED) is 0.233. The Bertz CT molecular complexity index is 1780. The van der Waals surface area contributed by atoms with Gasteiger partial charge in [-0.15, -0.1) is 0 Å². The zero-order valence-electron chi connectivity index (χ0n) is 23.5. The Labute approximate surface area is 254 Å². The van der Waals surface area contributed by atoms with Crippen molar-refractivity contribution in [3.8, 4) is 5.75 Å². The van der Waals surface area contributed by atoms with Crippen molar-refractivity contribution in [1.29, 1.82) is 0 Å². The maximum atomic E-state index is 14.9. The molecule has 0 radical (unpaired) electrons. The van der Waals surface area contributed by atoms with Gasteiger partial charge in [-0.3, -0.25) is 14.4 Å². The number of para-hydroxylation sites is 1. The monoisotopic (exact) mass is 588 g/mol. The minimum atomic E-state index is -1.38. The first-order valence-corrected chi connectivity index (χ1v) is 14.8. The maximum absolute atomic E-state index is 14.9. The molecule has 3 aliphatic heterocycles. The van der Waals surface area contributed by atoms with Crippen molar-refractivity contribution in [3.05, 3.63) is 136 Å². The van der Waals surface area contributed by atoms with Crippen LogP contribution < -0.4 is 10.1 Å². The Balaban J connectivity index is 1.47. The third-order valence-corrected chi connectivity index (χ3v) is 9.11. The minimum absolute atomic E-state index is 0.249. The van der Waals surface area contributed by atoms with E-state index in [0.717, 1.165) is 17.5 Å². The number of fused-ring (bicyclic) bond motifs is 6. The number of hydrogen-bond donors (Lipinski definition) is 1. The Kier molecular flexibility index (Phi) is 6.66. The molecule has 1 N–H and O–H groups in total. The zero-order chi connectivity index (χ0) is 29.7. The maximum Gasteiger partial charge on any atom is 0.238 e. The topological polar surface area (TPSA) is 75.7 Å². The van der Waals surface area contributed by atoms with E-state index in [9.17, 15) is 14.4 Å². The van der Waals surface area contributed by atoms with E-state index in [2.05, 4.69) is 5.32 Å². The van der Waals surface area contributed by atoms with E-state index in [1.165, 1.54) is 0 Å². The third-order valence-electron chi connectivity index (χ3n) is 8.86. The number of rotatable bonds is 7. The van der Waals surface area contributed by atoms with Crippen LogP contribution in [0.25, 0.3) is 6.08 Å². The molecule has 4 atom stereocenters. The van der Waals surface area contributed by atoms with Crippen molar-refractivity contribution in [1.82, 2.24) is 4.90 Å². The summed E-state index contributed by atoms with van der Waals surface area (Å²) in [4.78, 5) is 45.9. The highest BCUT2D eigenvalue weighted by Gasteiger charge is 2.70. The number of nitrogens with one attached hydrogen (secondary N) is 1. The lowest BCUT2D eigenvalue weighted by Crippen LogP contribution is -2.49. The number of benzene rings is 4. The second kappa shape index (κ2) is 10.5. The first-order chi connectivity index (χ1) is 20.9. The van der Waals surface area contributed by atoms with Gasteiger partial charge in [0.05, 0.1) is 18.6 Å². The van der Waals surface area contributed by atoms with Gasteiger partial charge in [-0.05, 0) is 83.8 Å². The number of halogens is 1. The van der Waals surface area contributed by atoms with Gasteiger partial charge >= 0.3 is 0 Å². The summed E-state index contributed by atoms with van der Waals surface area (Å²) in [5.74, 6) is -1.20. The van der Waals surface area contributed by atoms with E-state index in [1.54, 1.807) is 48.5 Å². The highest BCUT2D eigenvalue weighted by molar-refractivity contribution is 6.30. The Hall–Kier alpha value is -4.68. The molecule has 0 saturated carbocycles. The molecule has 0 aliphatic carbocycles. The standard InChI is InChI=1S/C36H29ClN2O4/c1-2-21-43-26-17-13-23(14-18-26)32(40)30-31(33(41)24-11-15-25(37)16-12-24)39-20-19-22-7-3-4-8-27(22)34(39)36(30)28-9-5-6-10-29(28)38-35(36)42/h3-20,30-31,34H,2,21H2,1H3,(H,38,42)/t30-,31-,34-,36-/m1/s1. The van der Waals surface area contributed by atoms with Gasteiger partial charge in [-0.25, -0.2) is 0 Å². The van der Waals surface area contributed by atoms with Gasteiger partial charge in [-0.1, -0.05) is 61.0 Å². The zero-order valence-corrected chi connectivity index (χ0v) is 24.3. The molecule has 4 aromatic rings. The highest BCUT2D eigenvalue weighted by Crippen LogP contribution is 2.62. The first-order valence-electron chi connectivity index (χ1n) is 14.5. The number of amides is 1. The van der Waals surface area contributed by atoms with Crippen LogP contribution in [0.4, 0.5) is 5.69 Å². The minimum Gasteiger partial charge on any atom is -0.494 e. The highest BCUT2D eigenvalue weighted by atomic mass is 35.5. The molecule has 3 heterocycles. The van der Waals surface area contributed by atoms with Gasteiger partial charge in [0.1, 0.15) is 17.2 Å².